The quantitative estimate of drug-likeness (QED) is 0.282. The van der Waals surface area contributed by atoms with Crippen LogP contribution in [-0.4, -0.2) is 32.0 Å². The van der Waals surface area contributed by atoms with Crippen LogP contribution in [0.1, 0.15) is 79.1 Å². The van der Waals surface area contributed by atoms with Crippen LogP contribution >= 0.6 is 0 Å². The number of nitrogens with zero attached hydrogens (tertiary/aromatic N) is 1. The van der Waals surface area contributed by atoms with Gasteiger partial charge in [0.25, 0.3) is 5.97 Å². The largest absolute Gasteiger partial charge is 0.366 e. The zero-order valence-corrected chi connectivity index (χ0v) is 17.8. The van der Waals surface area contributed by atoms with Gasteiger partial charge in [-0.1, -0.05) is 39.0 Å². The first-order valence-corrected chi connectivity index (χ1v) is 10.7. The first kappa shape index (κ1) is 23.9. The van der Waals surface area contributed by atoms with Crippen molar-refractivity contribution < 1.29 is 14.2 Å². The van der Waals surface area contributed by atoms with Crippen molar-refractivity contribution in [3.05, 3.63) is 24.2 Å². The molecule has 1 aliphatic rings. The van der Waals surface area contributed by atoms with Gasteiger partial charge in [0.15, 0.2) is 0 Å². The van der Waals surface area contributed by atoms with Crippen LogP contribution in [0.3, 0.4) is 0 Å². The molecule has 0 spiro atoms. The summed E-state index contributed by atoms with van der Waals surface area (Å²) in [7, 11) is 0. The normalized spacial score (nSPS) is 15.3. The predicted molar refractivity (Wildman–Crippen MR) is 113 cm³/mol. The van der Waals surface area contributed by atoms with Crippen molar-refractivity contribution in [2.75, 3.05) is 19.8 Å². The maximum absolute atomic E-state index is 5.88. The minimum absolute atomic E-state index is 0.222. The lowest BCUT2D eigenvalue weighted by Gasteiger charge is -2.37. The van der Waals surface area contributed by atoms with Crippen LogP contribution in [0.25, 0.3) is 0 Å². The molecular weight excluding hydrogens is 340 g/mol. The maximum Gasteiger partial charge on any atom is 0.285 e. The molecular formula is C22H40N2O3. The van der Waals surface area contributed by atoms with Crippen LogP contribution in [0, 0.1) is 5.92 Å². The number of allylic oxidation sites excluding steroid dienone is 1. The van der Waals surface area contributed by atoms with Gasteiger partial charge >= 0.3 is 0 Å². The zero-order valence-electron chi connectivity index (χ0n) is 17.8. The second kappa shape index (κ2) is 14.8. The highest BCUT2D eigenvalue weighted by Crippen LogP contribution is 2.30. The van der Waals surface area contributed by atoms with Crippen LogP contribution in [0.2, 0.25) is 0 Å². The third kappa shape index (κ3) is 9.54. The molecule has 0 radical (unpaired) electrons. The molecule has 0 aromatic rings. The number of nitrogens with one attached hydrogen (secondary N) is 1. The molecule has 0 aromatic carbocycles. The van der Waals surface area contributed by atoms with E-state index in [1.807, 2.05) is 39.4 Å². The summed E-state index contributed by atoms with van der Waals surface area (Å²) < 4.78 is 17.6. The lowest BCUT2D eigenvalue weighted by molar-refractivity contribution is -0.400. The molecule has 5 heteroatoms. The average Bonchev–Trinajstić information content (AvgIpc) is 2.93. The molecule has 0 saturated carbocycles. The van der Waals surface area contributed by atoms with E-state index in [1.165, 1.54) is 44.1 Å². The Kier molecular flexibility index (Phi) is 13.1. The van der Waals surface area contributed by atoms with Gasteiger partial charge in [-0.05, 0) is 45.6 Å². The molecule has 0 bridgehead atoms. The fraction of sp³-hybridized carbons (Fsp3) is 0.773. The number of hydrogen-bond acceptors (Lipinski definition) is 5. The Bertz CT molecular complexity index is 443. The Labute approximate surface area is 166 Å². The van der Waals surface area contributed by atoms with Gasteiger partial charge in [0, 0.05) is 50.6 Å². The highest BCUT2D eigenvalue weighted by molar-refractivity contribution is 5.79. The van der Waals surface area contributed by atoms with Crippen LogP contribution in [-0.2, 0) is 14.2 Å². The summed E-state index contributed by atoms with van der Waals surface area (Å²) >= 11 is 0. The van der Waals surface area contributed by atoms with Gasteiger partial charge < -0.3 is 19.5 Å². The van der Waals surface area contributed by atoms with Crippen LogP contribution < -0.4 is 5.32 Å². The summed E-state index contributed by atoms with van der Waals surface area (Å²) in [5.41, 5.74) is 1.27. The molecule has 0 aromatic heterocycles. The molecule has 1 atom stereocenters. The van der Waals surface area contributed by atoms with E-state index in [0.717, 1.165) is 12.8 Å². The second-order valence-electron chi connectivity index (χ2n) is 6.94. The monoisotopic (exact) mass is 380 g/mol. The molecule has 1 unspecified atom stereocenters. The van der Waals surface area contributed by atoms with E-state index in [4.69, 9.17) is 14.2 Å². The van der Waals surface area contributed by atoms with Gasteiger partial charge in [0.05, 0.1) is 0 Å². The molecule has 1 rings (SSSR count). The third-order valence-corrected chi connectivity index (χ3v) is 4.76. The summed E-state index contributed by atoms with van der Waals surface area (Å²) in [4.78, 5) is 4.20. The molecule has 1 N–H and O–H groups in total. The van der Waals surface area contributed by atoms with E-state index in [9.17, 15) is 0 Å². The minimum atomic E-state index is -0.880. The Morgan fingerprint density at radius 1 is 0.926 bits per heavy atom. The van der Waals surface area contributed by atoms with Gasteiger partial charge in [0.1, 0.15) is 0 Å². The lowest BCUT2D eigenvalue weighted by atomic mass is 9.99. The summed E-state index contributed by atoms with van der Waals surface area (Å²) in [6.45, 7) is 9.92. The molecule has 27 heavy (non-hydrogen) atoms. The third-order valence-electron chi connectivity index (χ3n) is 4.76. The fourth-order valence-corrected chi connectivity index (χ4v) is 3.37. The average molecular weight is 381 g/mol. The minimum Gasteiger partial charge on any atom is -0.366 e. The number of rotatable bonds is 16. The van der Waals surface area contributed by atoms with Gasteiger partial charge in [-0.3, -0.25) is 4.99 Å². The number of hydrogen-bond donors (Lipinski definition) is 1. The van der Waals surface area contributed by atoms with Crippen LogP contribution in [0.15, 0.2) is 29.2 Å². The summed E-state index contributed by atoms with van der Waals surface area (Å²) in [5.74, 6) is -0.658. The van der Waals surface area contributed by atoms with Crippen LogP contribution in [0.5, 0.6) is 0 Å². The van der Waals surface area contributed by atoms with Crippen molar-refractivity contribution in [3.63, 3.8) is 0 Å². The molecule has 0 amide bonds. The van der Waals surface area contributed by atoms with Crippen molar-refractivity contribution in [2.45, 2.75) is 85.0 Å². The lowest BCUT2D eigenvalue weighted by Crippen LogP contribution is -2.45. The SMILES string of the molecule is CCOC(OCC)(OCC)C(C)CCCCCCCCC1=CNC=CN=C1. The first-order valence-electron chi connectivity index (χ1n) is 10.7. The summed E-state index contributed by atoms with van der Waals surface area (Å²) in [5, 5.41) is 3.12. The van der Waals surface area contributed by atoms with E-state index in [1.54, 1.807) is 6.20 Å². The molecule has 1 heterocycles. The Morgan fingerprint density at radius 3 is 2.15 bits per heavy atom. The Morgan fingerprint density at radius 2 is 1.52 bits per heavy atom. The number of aliphatic imine (C=N–C) groups is 1. The van der Waals surface area contributed by atoms with Crippen molar-refractivity contribution in [1.29, 1.82) is 0 Å². The van der Waals surface area contributed by atoms with E-state index in [-0.39, 0.29) is 5.92 Å². The predicted octanol–water partition coefficient (Wildman–Crippen LogP) is 5.54. The topological polar surface area (TPSA) is 52.1 Å². The van der Waals surface area contributed by atoms with E-state index in [2.05, 4.69) is 17.2 Å². The maximum atomic E-state index is 5.88. The molecule has 1 aliphatic heterocycles. The Hall–Kier alpha value is -1.17. The number of unbranched alkanes of at least 4 members (excludes halogenated alkanes) is 5. The first-order chi connectivity index (χ1) is 13.2. The smallest absolute Gasteiger partial charge is 0.285 e. The highest BCUT2D eigenvalue weighted by Gasteiger charge is 2.38. The van der Waals surface area contributed by atoms with Crippen LogP contribution in [0.4, 0.5) is 0 Å². The fourth-order valence-electron chi connectivity index (χ4n) is 3.37. The zero-order chi connectivity index (χ0) is 19.8. The molecule has 0 fully saturated rings. The van der Waals surface area contributed by atoms with Gasteiger partial charge in [0.2, 0.25) is 0 Å². The second-order valence-corrected chi connectivity index (χ2v) is 6.94. The molecule has 0 saturated heterocycles. The molecule has 156 valence electrons. The van der Waals surface area contributed by atoms with E-state index in [0.29, 0.717) is 19.8 Å². The molecule has 0 aliphatic carbocycles. The Balaban J connectivity index is 2.17. The van der Waals surface area contributed by atoms with Gasteiger partial charge in [-0.25, -0.2) is 0 Å². The van der Waals surface area contributed by atoms with Gasteiger partial charge in [-0.15, -0.1) is 0 Å². The molecule has 5 nitrogen and oxygen atoms in total. The van der Waals surface area contributed by atoms with Gasteiger partial charge in [-0.2, -0.15) is 0 Å². The highest BCUT2D eigenvalue weighted by atomic mass is 16.9. The van der Waals surface area contributed by atoms with Crippen molar-refractivity contribution in [3.8, 4) is 0 Å². The van der Waals surface area contributed by atoms with E-state index < -0.39 is 5.97 Å². The van der Waals surface area contributed by atoms with E-state index >= 15 is 0 Å². The summed E-state index contributed by atoms with van der Waals surface area (Å²) in [6.07, 6.45) is 17.3. The van der Waals surface area contributed by atoms with Crippen molar-refractivity contribution in [2.24, 2.45) is 10.9 Å². The summed E-state index contributed by atoms with van der Waals surface area (Å²) in [6, 6.07) is 0. The van der Waals surface area contributed by atoms with Crippen molar-refractivity contribution >= 4 is 6.21 Å². The van der Waals surface area contributed by atoms with Crippen molar-refractivity contribution in [1.82, 2.24) is 5.32 Å². The standard InChI is InChI=1S/C22H40N2O3/c1-5-25-22(26-6-2,27-7-3)20(4)14-12-10-8-9-11-13-15-21-18-23-16-17-24-19-21/h16-20,23H,5-15H2,1-4H3. The number of ether oxygens (including phenoxy) is 3.